The molecule has 1 aliphatic rings. The van der Waals surface area contributed by atoms with Gasteiger partial charge in [0.15, 0.2) is 12.4 Å². The number of amides is 1. The number of hydrogen-bond donors (Lipinski definition) is 6. The first-order valence-corrected chi connectivity index (χ1v) is 31.7. The van der Waals surface area contributed by atoms with Crippen molar-refractivity contribution >= 4 is 11.9 Å². The van der Waals surface area contributed by atoms with Crippen molar-refractivity contribution < 1.29 is 49.3 Å². The standard InChI is InChI=1S/C68H115NO10/c1-4-7-10-13-16-19-22-25-27-29-31-33-35-38-41-44-47-50-53-56-63(73)79-66-65(75)64(74)62(57-70)78-68(66)77-58-59(60(71)54-51-48-45-42-39-36-24-21-18-15-12-9-6-3)69-67(76)61(72)55-52-49-46-43-40-37-34-32-30-28-26-23-20-17-14-11-8-5-2/h8,11,16-17,19-20,25-28,32,34,40,43,49,51-52,54,59-62,64-66,68,70-72,74-75H,4-7,9-10,12-15,18,21-24,29-31,33,35-39,41-42,44-48,50,53,55-58H2,1-3H3,(H,69,76)/b11-8-,19-16-,20-17-,27-25-,28-26-,34-32-,43-40-,52-49-,54-51+. The van der Waals surface area contributed by atoms with Crippen molar-refractivity contribution in [2.45, 2.75) is 294 Å². The fourth-order valence-electron chi connectivity index (χ4n) is 9.17. The Bertz CT molecular complexity index is 1700. The second-order valence-corrected chi connectivity index (χ2v) is 21.4. The van der Waals surface area contributed by atoms with Gasteiger partial charge in [0.1, 0.15) is 24.4 Å². The van der Waals surface area contributed by atoms with E-state index in [1.54, 1.807) is 12.2 Å². The zero-order chi connectivity index (χ0) is 57.5. The maximum atomic E-state index is 13.4. The fourth-order valence-corrected chi connectivity index (χ4v) is 9.17. The van der Waals surface area contributed by atoms with Gasteiger partial charge in [-0.25, -0.2) is 0 Å². The van der Waals surface area contributed by atoms with Gasteiger partial charge < -0.3 is 45.1 Å². The molecule has 0 aliphatic carbocycles. The Morgan fingerprint density at radius 1 is 0.506 bits per heavy atom. The van der Waals surface area contributed by atoms with E-state index < -0.39 is 67.4 Å². The summed E-state index contributed by atoms with van der Waals surface area (Å²) in [6.45, 7) is 5.60. The van der Waals surface area contributed by atoms with Crippen LogP contribution in [0.15, 0.2) is 109 Å². The van der Waals surface area contributed by atoms with Gasteiger partial charge >= 0.3 is 5.97 Å². The van der Waals surface area contributed by atoms with E-state index in [4.69, 9.17) is 14.2 Å². The third-order valence-corrected chi connectivity index (χ3v) is 14.2. The number of carbonyl (C=O) groups is 2. The molecule has 1 amide bonds. The van der Waals surface area contributed by atoms with Crippen LogP contribution in [0.1, 0.15) is 245 Å². The van der Waals surface area contributed by atoms with Crippen LogP contribution < -0.4 is 5.32 Å². The Labute approximate surface area is 481 Å². The highest BCUT2D eigenvalue weighted by Crippen LogP contribution is 2.26. The van der Waals surface area contributed by atoms with Gasteiger partial charge in [0.2, 0.25) is 5.91 Å². The van der Waals surface area contributed by atoms with Gasteiger partial charge in [-0.3, -0.25) is 9.59 Å². The van der Waals surface area contributed by atoms with E-state index in [1.165, 1.54) is 103 Å². The molecule has 79 heavy (non-hydrogen) atoms. The van der Waals surface area contributed by atoms with E-state index in [9.17, 15) is 35.1 Å². The highest BCUT2D eigenvalue weighted by atomic mass is 16.7. The second kappa shape index (κ2) is 54.9. The third-order valence-electron chi connectivity index (χ3n) is 14.2. The Balaban J connectivity index is 2.74. The topological polar surface area (TPSA) is 175 Å². The van der Waals surface area contributed by atoms with Gasteiger partial charge in [0.05, 0.1) is 25.4 Å². The number of ether oxygens (including phenoxy) is 3. The van der Waals surface area contributed by atoms with Crippen molar-refractivity contribution in [2.24, 2.45) is 0 Å². The van der Waals surface area contributed by atoms with E-state index >= 15 is 0 Å². The Kier molecular flexibility index (Phi) is 50.9. The number of hydrogen-bond acceptors (Lipinski definition) is 10. The molecule has 1 aliphatic heterocycles. The first kappa shape index (κ1) is 73.3. The summed E-state index contributed by atoms with van der Waals surface area (Å²) in [4.78, 5) is 26.5. The van der Waals surface area contributed by atoms with Gasteiger partial charge in [-0.2, -0.15) is 0 Å². The maximum Gasteiger partial charge on any atom is 0.306 e. The third kappa shape index (κ3) is 42.8. The number of nitrogens with one attached hydrogen (secondary N) is 1. The molecule has 0 spiro atoms. The molecule has 1 saturated heterocycles. The zero-order valence-corrected chi connectivity index (χ0v) is 50.0. The number of aliphatic hydroxyl groups is 5. The lowest BCUT2D eigenvalue weighted by Gasteiger charge is -2.41. The molecule has 0 radical (unpaired) electrons. The molecule has 452 valence electrons. The lowest BCUT2D eigenvalue weighted by Crippen LogP contribution is -2.61. The summed E-state index contributed by atoms with van der Waals surface area (Å²) in [5.41, 5.74) is 0. The minimum atomic E-state index is -1.63. The summed E-state index contributed by atoms with van der Waals surface area (Å²) in [6, 6.07) is -1.07. The second-order valence-electron chi connectivity index (χ2n) is 21.4. The predicted molar refractivity (Wildman–Crippen MR) is 328 cm³/mol. The van der Waals surface area contributed by atoms with Crippen LogP contribution in [0, 0.1) is 0 Å². The minimum Gasteiger partial charge on any atom is -0.454 e. The first-order valence-electron chi connectivity index (χ1n) is 31.7. The lowest BCUT2D eigenvalue weighted by atomic mass is 9.99. The quantitative estimate of drug-likeness (QED) is 0.0195. The monoisotopic (exact) mass is 1110 g/mol. The smallest absolute Gasteiger partial charge is 0.306 e. The van der Waals surface area contributed by atoms with Crippen molar-refractivity contribution in [3.63, 3.8) is 0 Å². The molecule has 1 rings (SSSR count). The number of allylic oxidation sites excluding steroid dienone is 16. The van der Waals surface area contributed by atoms with Gasteiger partial charge in [-0.15, -0.1) is 0 Å². The van der Waals surface area contributed by atoms with Crippen LogP contribution in [0.3, 0.4) is 0 Å². The normalized spacial score (nSPS) is 19.6. The Morgan fingerprint density at radius 2 is 0.911 bits per heavy atom. The fraction of sp³-hybridized carbons (Fsp3) is 0.706. The van der Waals surface area contributed by atoms with Crippen molar-refractivity contribution in [3.05, 3.63) is 109 Å². The highest BCUT2D eigenvalue weighted by molar-refractivity contribution is 5.81. The van der Waals surface area contributed by atoms with E-state index in [2.05, 4.69) is 105 Å². The van der Waals surface area contributed by atoms with Crippen LogP contribution in [0.4, 0.5) is 0 Å². The number of esters is 1. The lowest BCUT2D eigenvalue weighted by molar-refractivity contribution is -0.305. The van der Waals surface area contributed by atoms with Crippen molar-refractivity contribution in [1.29, 1.82) is 0 Å². The predicted octanol–water partition coefficient (Wildman–Crippen LogP) is 15.3. The molecule has 1 fully saturated rings. The van der Waals surface area contributed by atoms with E-state index in [0.29, 0.717) is 12.8 Å². The summed E-state index contributed by atoms with van der Waals surface area (Å²) in [6.07, 6.45) is 64.2. The molecule has 0 bridgehead atoms. The molecule has 0 aromatic rings. The Hall–Kier alpha value is -3.68. The molecular weight excluding hydrogens is 991 g/mol. The zero-order valence-electron chi connectivity index (χ0n) is 50.0. The van der Waals surface area contributed by atoms with Gasteiger partial charge in [0, 0.05) is 12.8 Å². The van der Waals surface area contributed by atoms with Gasteiger partial charge in [0.25, 0.3) is 0 Å². The van der Waals surface area contributed by atoms with Gasteiger partial charge in [-0.05, 0) is 89.9 Å². The van der Waals surface area contributed by atoms with Crippen LogP contribution in [-0.2, 0) is 23.8 Å². The van der Waals surface area contributed by atoms with Crippen molar-refractivity contribution in [3.8, 4) is 0 Å². The van der Waals surface area contributed by atoms with Crippen LogP contribution >= 0.6 is 0 Å². The molecule has 6 N–H and O–H groups in total. The van der Waals surface area contributed by atoms with Crippen molar-refractivity contribution in [1.82, 2.24) is 5.32 Å². The molecule has 11 nitrogen and oxygen atoms in total. The molecule has 0 aromatic heterocycles. The minimum absolute atomic E-state index is 0.0528. The summed E-state index contributed by atoms with van der Waals surface area (Å²) >= 11 is 0. The van der Waals surface area contributed by atoms with Crippen LogP contribution in [0.5, 0.6) is 0 Å². The SMILES string of the molecule is CC/C=C\C/C=C\C/C=C\C/C=C\C/C=C\C/C=C\CC(O)C(=O)NC(COC1OC(CO)C(O)C(O)C1OC(=O)CCCCCCCCCCC/C=C\C/C=C\CCCCC)C(O)/C=C/CCCCCCCCCCCCC. The number of rotatable bonds is 52. The largest absolute Gasteiger partial charge is 0.454 e. The summed E-state index contributed by atoms with van der Waals surface area (Å²) in [7, 11) is 0. The number of aliphatic hydroxyl groups excluding tert-OH is 5. The summed E-state index contributed by atoms with van der Waals surface area (Å²) in [5, 5.41) is 56.9. The molecular formula is C68H115NO10. The average molecular weight is 1110 g/mol. The summed E-state index contributed by atoms with van der Waals surface area (Å²) < 4.78 is 17.6. The molecule has 1 heterocycles. The summed E-state index contributed by atoms with van der Waals surface area (Å²) in [5.74, 6) is -1.29. The van der Waals surface area contributed by atoms with E-state index in [0.717, 1.165) is 96.3 Å². The molecule has 8 unspecified atom stereocenters. The van der Waals surface area contributed by atoms with E-state index in [1.807, 2.05) is 18.2 Å². The molecule has 0 saturated carbocycles. The Morgan fingerprint density at radius 3 is 1.39 bits per heavy atom. The number of carbonyl (C=O) groups excluding carboxylic acids is 2. The highest BCUT2D eigenvalue weighted by Gasteiger charge is 2.47. The van der Waals surface area contributed by atoms with Crippen molar-refractivity contribution in [2.75, 3.05) is 13.2 Å². The molecule has 0 aromatic carbocycles. The van der Waals surface area contributed by atoms with Gasteiger partial charge in [-0.1, -0.05) is 252 Å². The molecule has 11 heteroatoms. The maximum absolute atomic E-state index is 13.4. The van der Waals surface area contributed by atoms with Crippen LogP contribution in [-0.4, -0.2) is 99.6 Å². The first-order chi connectivity index (χ1) is 38.7. The van der Waals surface area contributed by atoms with E-state index in [-0.39, 0.29) is 19.4 Å². The molecule has 8 atom stereocenters. The average Bonchev–Trinajstić information content (AvgIpc) is 3.49. The van der Waals surface area contributed by atoms with Crippen LogP contribution in [0.2, 0.25) is 0 Å². The van der Waals surface area contributed by atoms with Crippen LogP contribution in [0.25, 0.3) is 0 Å². The number of unbranched alkanes of at least 4 members (excludes halogenated alkanes) is 23.